The Bertz CT molecular complexity index is 1570. The van der Waals surface area contributed by atoms with Crippen LogP contribution in [-0.4, -0.2) is 82.0 Å². The van der Waals surface area contributed by atoms with E-state index in [0.717, 1.165) is 44.6 Å². The number of nitrogens with zero attached hydrogens (tertiary/aromatic N) is 7. The summed E-state index contributed by atoms with van der Waals surface area (Å²) in [4.78, 5) is 23.9. The number of likely N-dealkylation sites (tertiary alicyclic amines) is 1. The minimum Gasteiger partial charge on any atom is -0.493 e. The van der Waals surface area contributed by atoms with Gasteiger partial charge in [-0.3, -0.25) is 9.48 Å². The molecule has 3 aromatic heterocycles. The van der Waals surface area contributed by atoms with Crippen LogP contribution in [0.5, 0.6) is 11.5 Å². The maximum atomic E-state index is 15.2. The van der Waals surface area contributed by atoms with Crippen LogP contribution in [0.15, 0.2) is 41.6 Å². The van der Waals surface area contributed by atoms with Gasteiger partial charge in [0.1, 0.15) is 17.1 Å². The van der Waals surface area contributed by atoms with Gasteiger partial charge in [0.25, 0.3) is 5.56 Å². The number of hydrogen-bond donors (Lipinski definition) is 1. The first kappa shape index (κ1) is 28.1. The predicted molar refractivity (Wildman–Crippen MR) is 146 cm³/mol. The van der Waals surface area contributed by atoms with E-state index in [9.17, 15) is 4.79 Å². The molecule has 1 fully saturated rings. The van der Waals surface area contributed by atoms with Gasteiger partial charge in [-0.15, -0.1) is 0 Å². The lowest BCUT2D eigenvalue weighted by Crippen LogP contribution is -2.36. The Kier molecular flexibility index (Phi) is 8.21. The number of nitrogen functional groups attached to an aromatic ring is 1. The van der Waals surface area contributed by atoms with Crippen molar-refractivity contribution in [1.29, 1.82) is 0 Å². The van der Waals surface area contributed by atoms with Crippen LogP contribution in [0.25, 0.3) is 28.3 Å². The van der Waals surface area contributed by atoms with Crippen molar-refractivity contribution in [3.63, 3.8) is 0 Å². The molecule has 5 rings (SSSR count). The monoisotopic (exact) mass is 568 g/mol. The van der Waals surface area contributed by atoms with Gasteiger partial charge in [-0.05, 0) is 18.9 Å². The third-order valence-corrected chi connectivity index (χ3v) is 7.05. The maximum absolute atomic E-state index is 15.2. The van der Waals surface area contributed by atoms with E-state index in [-0.39, 0.29) is 34.7 Å². The van der Waals surface area contributed by atoms with E-state index in [1.54, 1.807) is 13.3 Å². The van der Waals surface area contributed by atoms with Crippen LogP contribution in [0, 0.1) is 11.6 Å². The highest BCUT2D eigenvalue weighted by molar-refractivity contribution is 5.70. The van der Waals surface area contributed by atoms with Crippen molar-refractivity contribution in [1.82, 2.24) is 34.4 Å². The summed E-state index contributed by atoms with van der Waals surface area (Å²) in [5, 5.41) is 8.74. The van der Waals surface area contributed by atoms with Crippen molar-refractivity contribution in [2.24, 2.45) is 0 Å². The standard InChI is InChI=1S/C27H30F2N8O4/c1-39-11-10-35-8-6-17(7-9-35)36-15-16(13-32-36)19-14-31-27(30)25(33-19)18-4-5-22(38)37(34-18)26-23(28)20(40-2)12-21(41-3)24(26)29/h4-5,12-15,17H,6-11H2,1-3H3,(H2,30,31). The van der Waals surface area contributed by atoms with Crippen molar-refractivity contribution in [3.05, 3.63) is 58.8 Å². The summed E-state index contributed by atoms with van der Waals surface area (Å²) in [6, 6.07) is 3.76. The number of piperidine rings is 1. The second kappa shape index (κ2) is 12.0. The van der Waals surface area contributed by atoms with Gasteiger partial charge in [0, 0.05) is 50.6 Å². The molecule has 4 aromatic rings. The first-order chi connectivity index (χ1) is 19.8. The number of anilines is 1. The second-order valence-electron chi connectivity index (χ2n) is 9.49. The molecule has 0 amide bonds. The zero-order valence-electron chi connectivity index (χ0n) is 22.9. The molecule has 4 heterocycles. The molecule has 12 nitrogen and oxygen atoms in total. The lowest BCUT2D eigenvalue weighted by atomic mass is 10.1. The van der Waals surface area contributed by atoms with Gasteiger partial charge in [0.05, 0.1) is 45.0 Å². The molecule has 0 atom stereocenters. The van der Waals surface area contributed by atoms with Crippen molar-refractivity contribution in [2.45, 2.75) is 18.9 Å². The molecule has 1 aliphatic heterocycles. The Labute approximate surface area is 234 Å². The van der Waals surface area contributed by atoms with Crippen molar-refractivity contribution < 1.29 is 23.0 Å². The highest BCUT2D eigenvalue weighted by atomic mass is 19.1. The fraction of sp³-hybridized carbons (Fsp3) is 0.370. The quantitative estimate of drug-likeness (QED) is 0.321. The zero-order chi connectivity index (χ0) is 29.1. The van der Waals surface area contributed by atoms with E-state index < -0.39 is 22.9 Å². The predicted octanol–water partition coefficient (Wildman–Crippen LogP) is 2.71. The molecule has 41 heavy (non-hydrogen) atoms. The lowest BCUT2D eigenvalue weighted by molar-refractivity contribution is 0.119. The highest BCUT2D eigenvalue weighted by Crippen LogP contribution is 2.33. The Morgan fingerprint density at radius 1 is 1.02 bits per heavy atom. The molecule has 0 radical (unpaired) electrons. The molecule has 216 valence electrons. The van der Waals surface area contributed by atoms with E-state index in [1.807, 2.05) is 10.9 Å². The average Bonchev–Trinajstić information content (AvgIpc) is 3.48. The minimum atomic E-state index is -1.12. The molecule has 0 aliphatic carbocycles. The number of methoxy groups -OCH3 is 3. The molecule has 0 bridgehead atoms. The number of ether oxygens (including phenoxy) is 3. The number of hydrogen-bond acceptors (Lipinski definition) is 10. The van der Waals surface area contributed by atoms with Gasteiger partial charge in [0.2, 0.25) is 0 Å². The summed E-state index contributed by atoms with van der Waals surface area (Å²) < 4.78 is 48.0. The third kappa shape index (κ3) is 5.60. The largest absolute Gasteiger partial charge is 0.493 e. The van der Waals surface area contributed by atoms with Crippen LogP contribution < -0.4 is 20.8 Å². The smallest absolute Gasteiger partial charge is 0.271 e. The fourth-order valence-corrected chi connectivity index (χ4v) is 4.78. The molecule has 14 heteroatoms. The van der Waals surface area contributed by atoms with Crippen LogP contribution in [0.2, 0.25) is 0 Å². The Morgan fingerprint density at radius 3 is 2.39 bits per heavy atom. The third-order valence-electron chi connectivity index (χ3n) is 7.05. The molecular formula is C27H30F2N8O4. The van der Waals surface area contributed by atoms with E-state index in [2.05, 4.69) is 25.1 Å². The van der Waals surface area contributed by atoms with Gasteiger partial charge in [-0.25, -0.2) is 18.7 Å². The molecular weight excluding hydrogens is 538 g/mol. The highest BCUT2D eigenvalue weighted by Gasteiger charge is 2.25. The van der Waals surface area contributed by atoms with Gasteiger partial charge < -0.3 is 24.8 Å². The number of nitrogens with two attached hydrogens (primary N) is 1. The van der Waals surface area contributed by atoms with E-state index >= 15 is 8.78 Å². The second-order valence-corrected chi connectivity index (χ2v) is 9.49. The summed E-state index contributed by atoms with van der Waals surface area (Å²) >= 11 is 0. The van der Waals surface area contributed by atoms with Crippen molar-refractivity contribution in [2.75, 3.05) is 53.3 Å². The van der Waals surface area contributed by atoms with Gasteiger partial charge in [-0.1, -0.05) is 0 Å². The number of aromatic nitrogens is 6. The van der Waals surface area contributed by atoms with Gasteiger partial charge in [0.15, 0.2) is 29.0 Å². The van der Waals surface area contributed by atoms with Crippen LogP contribution in [0.3, 0.4) is 0 Å². The molecule has 1 aliphatic rings. The molecule has 0 saturated carbocycles. The number of halogens is 2. The molecule has 0 unspecified atom stereocenters. The van der Waals surface area contributed by atoms with Crippen molar-refractivity contribution in [3.8, 4) is 39.8 Å². The molecule has 1 aromatic carbocycles. The normalized spacial score (nSPS) is 14.4. The average molecular weight is 569 g/mol. The first-order valence-corrected chi connectivity index (χ1v) is 12.9. The molecule has 2 N–H and O–H groups in total. The van der Waals surface area contributed by atoms with E-state index in [4.69, 9.17) is 19.9 Å². The SMILES string of the molecule is COCCN1CCC(n2cc(-c3cnc(N)c(-c4ccc(=O)n(-c5c(F)c(OC)cc(OC)c5F)n4)n3)cn2)CC1. The summed E-state index contributed by atoms with van der Waals surface area (Å²) in [6.45, 7) is 3.52. The molecule has 1 saturated heterocycles. The Hall–Kier alpha value is -4.43. The maximum Gasteiger partial charge on any atom is 0.271 e. The van der Waals surface area contributed by atoms with Crippen LogP contribution in [-0.2, 0) is 4.74 Å². The fourth-order valence-electron chi connectivity index (χ4n) is 4.78. The van der Waals surface area contributed by atoms with Crippen LogP contribution >= 0.6 is 0 Å². The number of rotatable bonds is 9. The summed E-state index contributed by atoms with van der Waals surface area (Å²) in [5.74, 6) is -2.87. The Balaban J connectivity index is 1.46. The Morgan fingerprint density at radius 2 is 1.73 bits per heavy atom. The molecule has 0 spiro atoms. The van der Waals surface area contributed by atoms with Crippen molar-refractivity contribution >= 4 is 5.82 Å². The summed E-state index contributed by atoms with van der Waals surface area (Å²) in [7, 11) is 4.12. The van der Waals surface area contributed by atoms with Gasteiger partial charge >= 0.3 is 0 Å². The van der Waals surface area contributed by atoms with Crippen LogP contribution in [0.1, 0.15) is 18.9 Å². The summed E-state index contributed by atoms with van der Waals surface area (Å²) in [5.41, 5.74) is 5.96. The topological polar surface area (TPSA) is 135 Å². The first-order valence-electron chi connectivity index (χ1n) is 12.9. The minimum absolute atomic E-state index is 0.0199. The summed E-state index contributed by atoms with van der Waals surface area (Å²) in [6.07, 6.45) is 7.02. The van der Waals surface area contributed by atoms with E-state index in [0.29, 0.717) is 22.5 Å². The van der Waals surface area contributed by atoms with Crippen LogP contribution in [0.4, 0.5) is 14.6 Å². The zero-order valence-corrected chi connectivity index (χ0v) is 22.9. The lowest BCUT2D eigenvalue weighted by Gasteiger charge is -2.31. The van der Waals surface area contributed by atoms with E-state index in [1.165, 1.54) is 26.5 Å². The van der Waals surface area contributed by atoms with Gasteiger partial charge in [-0.2, -0.15) is 14.9 Å². The number of benzene rings is 1.